The molecule has 0 aromatic heterocycles. The Hall–Kier alpha value is -3.21. The van der Waals surface area contributed by atoms with E-state index in [4.69, 9.17) is 0 Å². The summed E-state index contributed by atoms with van der Waals surface area (Å²) in [4.78, 5) is 39.2. The second-order valence-corrected chi connectivity index (χ2v) is 8.54. The fourth-order valence-corrected chi connectivity index (χ4v) is 5.23. The highest BCUT2D eigenvalue weighted by atomic mass is 16.2. The lowest BCUT2D eigenvalue weighted by Gasteiger charge is -2.19. The molecule has 0 radical (unpaired) electrons. The minimum absolute atomic E-state index is 0.159. The highest BCUT2D eigenvalue weighted by molar-refractivity contribution is 6.08. The van der Waals surface area contributed by atoms with Gasteiger partial charge in [-0.1, -0.05) is 66.7 Å². The van der Waals surface area contributed by atoms with Crippen molar-refractivity contribution in [2.45, 2.75) is 19.4 Å². The number of amides is 3. The molecule has 2 aromatic rings. The van der Waals surface area contributed by atoms with Gasteiger partial charge in [0, 0.05) is 0 Å². The lowest BCUT2D eigenvalue weighted by Crippen LogP contribution is -2.42. The van der Waals surface area contributed by atoms with Crippen LogP contribution in [0.3, 0.4) is 0 Å². The number of rotatable bonds is 5. The Morgan fingerprint density at radius 1 is 0.933 bits per heavy atom. The van der Waals surface area contributed by atoms with Gasteiger partial charge in [-0.3, -0.25) is 19.3 Å². The number of imide groups is 1. The van der Waals surface area contributed by atoms with Crippen LogP contribution in [-0.4, -0.2) is 29.2 Å². The van der Waals surface area contributed by atoms with Crippen LogP contribution < -0.4 is 5.32 Å². The SMILES string of the molecule is CC(NC(=O)CN1C(=O)C2C3C=CC(C3)C2C1=O)c1ccc(-c2ccccc2)cc1. The lowest BCUT2D eigenvalue weighted by atomic mass is 9.85. The number of nitrogens with zero attached hydrogens (tertiary/aromatic N) is 1. The molecule has 5 rings (SSSR count). The number of nitrogens with one attached hydrogen (secondary N) is 1. The van der Waals surface area contributed by atoms with Crippen LogP contribution in [0, 0.1) is 23.7 Å². The average Bonchev–Trinajstić information content (AvgIpc) is 3.45. The van der Waals surface area contributed by atoms with Crippen LogP contribution in [0.1, 0.15) is 24.9 Å². The van der Waals surface area contributed by atoms with Crippen molar-refractivity contribution >= 4 is 17.7 Å². The maximum atomic E-state index is 12.7. The van der Waals surface area contributed by atoms with Gasteiger partial charge in [-0.25, -0.2) is 0 Å². The topological polar surface area (TPSA) is 66.5 Å². The molecule has 1 saturated heterocycles. The lowest BCUT2D eigenvalue weighted by molar-refractivity contribution is -0.144. The van der Waals surface area contributed by atoms with Crippen molar-refractivity contribution in [3.63, 3.8) is 0 Å². The van der Waals surface area contributed by atoms with Gasteiger partial charge in [0.1, 0.15) is 6.54 Å². The summed E-state index contributed by atoms with van der Waals surface area (Å²) in [5.74, 6) is -0.880. The average molecular weight is 400 g/mol. The van der Waals surface area contributed by atoms with E-state index in [1.807, 2.05) is 49.4 Å². The molecule has 2 aliphatic carbocycles. The number of allylic oxidation sites excluding steroid dienone is 2. The van der Waals surface area contributed by atoms with Crippen molar-refractivity contribution in [1.82, 2.24) is 10.2 Å². The first-order valence-corrected chi connectivity index (χ1v) is 10.5. The molecule has 1 saturated carbocycles. The number of hydrogen-bond acceptors (Lipinski definition) is 3. The molecule has 3 aliphatic rings. The summed E-state index contributed by atoms with van der Waals surface area (Å²) >= 11 is 0. The standard InChI is InChI=1S/C25H24N2O3/c1-15(16-7-9-18(10-8-16)17-5-3-2-4-6-17)26-21(28)14-27-24(29)22-19-11-12-20(13-19)23(22)25(27)30/h2-12,15,19-20,22-23H,13-14H2,1H3,(H,26,28). The van der Waals surface area contributed by atoms with Crippen LogP contribution >= 0.6 is 0 Å². The van der Waals surface area contributed by atoms with E-state index < -0.39 is 0 Å². The van der Waals surface area contributed by atoms with Gasteiger partial charge in [0.25, 0.3) is 0 Å². The van der Waals surface area contributed by atoms with E-state index in [1.165, 1.54) is 4.90 Å². The molecule has 0 spiro atoms. The minimum Gasteiger partial charge on any atom is -0.348 e. The maximum Gasteiger partial charge on any atom is 0.240 e. The summed E-state index contributed by atoms with van der Waals surface area (Å²) in [5, 5.41) is 2.93. The molecule has 1 N–H and O–H groups in total. The van der Waals surface area contributed by atoms with Crippen LogP contribution in [-0.2, 0) is 14.4 Å². The highest BCUT2D eigenvalue weighted by Crippen LogP contribution is 2.52. The van der Waals surface area contributed by atoms with Crippen LogP contribution in [0.15, 0.2) is 66.7 Å². The Bertz CT molecular complexity index is 998. The Kier molecular flexibility index (Phi) is 4.54. The molecular formula is C25H24N2O3. The molecule has 2 fully saturated rings. The van der Waals surface area contributed by atoms with Gasteiger partial charge in [-0.15, -0.1) is 0 Å². The van der Waals surface area contributed by atoms with E-state index in [1.54, 1.807) is 0 Å². The Morgan fingerprint density at radius 3 is 2.10 bits per heavy atom. The number of hydrogen-bond donors (Lipinski definition) is 1. The van der Waals surface area contributed by atoms with E-state index in [0.717, 1.165) is 23.1 Å². The summed E-state index contributed by atoms with van der Waals surface area (Å²) in [6.45, 7) is 1.71. The first-order valence-electron chi connectivity index (χ1n) is 10.5. The summed E-state index contributed by atoms with van der Waals surface area (Å²) < 4.78 is 0. The van der Waals surface area contributed by atoms with Crippen LogP contribution in [0.2, 0.25) is 0 Å². The zero-order chi connectivity index (χ0) is 20.8. The number of fused-ring (bicyclic) bond motifs is 5. The van der Waals surface area contributed by atoms with Gasteiger partial charge < -0.3 is 5.32 Å². The molecule has 2 bridgehead atoms. The summed E-state index contributed by atoms with van der Waals surface area (Å²) in [6, 6.07) is 17.9. The zero-order valence-corrected chi connectivity index (χ0v) is 16.8. The van der Waals surface area contributed by atoms with Crippen molar-refractivity contribution in [1.29, 1.82) is 0 Å². The molecule has 30 heavy (non-hydrogen) atoms. The molecule has 152 valence electrons. The molecule has 1 aliphatic heterocycles. The number of carbonyl (C=O) groups excluding carboxylic acids is 3. The van der Waals surface area contributed by atoms with Crippen molar-refractivity contribution < 1.29 is 14.4 Å². The minimum atomic E-state index is -0.309. The molecule has 2 aromatic carbocycles. The second kappa shape index (κ2) is 7.24. The first kappa shape index (κ1) is 18.8. The fraction of sp³-hybridized carbons (Fsp3) is 0.320. The van der Waals surface area contributed by atoms with Crippen molar-refractivity contribution in [3.05, 3.63) is 72.3 Å². The van der Waals surface area contributed by atoms with Gasteiger partial charge >= 0.3 is 0 Å². The molecule has 5 heteroatoms. The predicted molar refractivity (Wildman–Crippen MR) is 113 cm³/mol. The zero-order valence-electron chi connectivity index (χ0n) is 16.8. The first-order chi connectivity index (χ1) is 14.5. The normalized spacial score (nSPS) is 27.4. The molecule has 5 nitrogen and oxygen atoms in total. The van der Waals surface area contributed by atoms with Gasteiger partial charge in [0.05, 0.1) is 17.9 Å². The second-order valence-electron chi connectivity index (χ2n) is 8.54. The van der Waals surface area contributed by atoms with E-state index in [0.29, 0.717) is 0 Å². The molecule has 5 atom stereocenters. The Balaban J connectivity index is 1.22. The van der Waals surface area contributed by atoms with Crippen molar-refractivity contribution in [2.75, 3.05) is 6.54 Å². The maximum absolute atomic E-state index is 12.7. The Morgan fingerprint density at radius 2 is 1.50 bits per heavy atom. The van der Waals surface area contributed by atoms with Crippen molar-refractivity contribution in [2.24, 2.45) is 23.7 Å². The number of carbonyl (C=O) groups is 3. The largest absolute Gasteiger partial charge is 0.348 e. The molecular weight excluding hydrogens is 376 g/mol. The Labute approximate surface area is 175 Å². The predicted octanol–water partition coefficient (Wildman–Crippen LogP) is 3.34. The number of likely N-dealkylation sites (tertiary alicyclic amines) is 1. The van der Waals surface area contributed by atoms with Crippen LogP contribution in [0.25, 0.3) is 11.1 Å². The van der Waals surface area contributed by atoms with E-state index in [-0.39, 0.29) is 54.0 Å². The van der Waals surface area contributed by atoms with E-state index in [2.05, 4.69) is 29.6 Å². The fourth-order valence-electron chi connectivity index (χ4n) is 5.23. The van der Waals surface area contributed by atoms with Gasteiger partial charge in [0.15, 0.2) is 0 Å². The van der Waals surface area contributed by atoms with Crippen LogP contribution in [0.4, 0.5) is 0 Å². The summed E-state index contributed by atoms with van der Waals surface area (Å²) in [7, 11) is 0. The third-order valence-corrected chi connectivity index (χ3v) is 6.76. The summed E-state index contributed by atoms with van der Waals surface area (Å²) in [6.07, 6.45) is 5.01. The van der Waals surface area contributed by atoms with E-state index in [9.17, 15) is 14.4 Å². The quantitative estimate of drug-likeness (QED) is 0.618. The third kappa shape index (κ3) is 3.05. The van der Waals surface area contributed by atoms with Crippen LogP contribution in [0.5, 0.6) is 0 Å². The monoisotopic (exact) mass is 400 g/mol. The highest BCUT2D eigenvalue weighted by Gasteiger charge is 2.59. The van der Waals surface area contributed by atoms with Gasteiger partial charge in [0.2, 0.25) is 17.7 Å². The molecule has 5 unspecified atom stereocenters. The third-order valence-electron chi connectivity index (χ3n) is 6.76. The van der Waals surface area contributed by atoms with Gasteiger partial charge in [-0.05, 0) is 41.9 Å². The van der Waals surface area contributed by atoms with Gasteiger partial charge in [-0.2, -0.15) is 0 Å². The van der Waals surface area contributed by atoms with Crippen molar-refractivity contribution in [3.8, 4) is 11.1 Å². The van der Waals surface area contributed by atoms with E-state index >= 15 is 0 Å². The summed E-state index contributed by atoms with van der Waals surface area (Å²) in [5.41, 5.74) is 3.22. The smallest absolute Gasteiger partial charge is 0.240 e. The number of benzene rings is 2. The molecule has 3 amide bonds. The molecule has 1 heterocycles.